The summed E-state index contributed by atoms with van der Waals surface area (Å²) in [5.74, 6) is 0.0605. The number of fused-ring (bicyclic) bond motifs is 1. The fraction of sp³-hybridized carbons (Fsp3) is 0.294. The van der Waals surface area contributed by atoms with Gasteiger partial charge in [-0.3, -0.25) is 4.79 Å². The first-order valence-electron chi connectivity index (χ1n) is 7.54. The van der Waals surface area contributed by atoms with Gasteiger partial charge in [0.1, 0.15) is 0 Å². The molecule has 114 valence electrons. The molecule has 2 N–H and O–H groups in total. The van der Waals surface area contributed by atoms with E-state index in [1.165, 1.54) is 5.57 Å². The van der Waals surface area contributed by atoms with Gasteiger partial charge < -0.3 is 15.2 Å². The van der Waals surface area contributed by atoms with Crippen molar-refractivity contribution in [2.75, 3.05) is 23.3 Å². The number of hydrogen-bond donors (Lipinski definition) is 2. The minimum absolute atomic E-state index is 0.0605. The lowest BCUT2D eigenvalue weighted by Gasteiger charge is -2.25. The van der Waals surface area contributed by atoms with Gasteiger partial charge in [-0.1, -0.05) is 0 Å². The Morgan fingerprint density at radius 3 is 3.00 bits per heavy atom. The molecule has 1 aliphatic heterocycles. The Labute approximate surface area is 130 Å². The van der Waals surface area contributed by atoms with E-state index in [0.29, 0.717) is 6.54 Å². The molecule has 1 amide bonds. The Kier molecular flexibility index (Phi) is 3.96. The van der Waals surface area contributed by atoms with Crippen LogP contribution in [-0.2, 0) is 4.79 Å². The highest BCUT2D eigenvalue weighted by Crippen LogP contribution is 2.35. The molecule has 0 spiro atoms. The lowest BCUT2D eigenvalue weighted by atomic mass is 9.95. The van der Waals surface area contributed by atoms with Gasteiger partial charge in [0.05, 0.1) is 18.2 Å². The average Bonchev–Trinajstić information content (AvgIpc) is 3.01. The Balaban J connectivity index is 2.03. The van der Waals surface area contributed by atoms with Gasteiger partial charge in [0, 0.05) is 37.0 Å². The van der Waals surface area contributed by atoms with Crippen LogP contribution in [-0.4, -0.2) is 29.0 Å². The predicted molar refractivity (Wildman–Crippen MR) is 89.7 cm³/mol. The van der Waals surface area contributed by atoms with Gasteiger partial charge in [0.25, 0.3) is 0 Å². The van der Waals surface area contributed by atoms with Gasteiger partial charge in [-0.25, -0.2) is 4.98 Å². The van der Waals surface area contributed by atoms with E-state index in [9.17, 15) is 4.79 Å². The number of aromatic nitrogens is 2. The second kappa shape index (κ2) is 6.05. The Hall–Kier alpha value is -2.56. The highest BCUT2D eigenvalue weighted by molar-refractivity contribution is 5.95. The van der Waals surface area contributed by atoms with Crippen molar-refractivity contribution in [1.82, 2.24) is 9.97 Å². The highest BCUT2D eigenvalue weighted by atomic mass is 16.2. The number of rotatable bonds is 3. The molecule has 0 bridgehead atoms. The summed E-state index contributed by atoms with van der Waals surface area (Å²) in [5, 5.41) is 3.42. The fourth-order valence-corrected chi connectivity index (χ4v) is 2.86. The van der Waals surface area contributed by atoms with E-state index < -0.39 is 0 Å². The van der Waals surface area contributed by atoms with Crippen LogP contribution >= 0.6 is 0 Å². The van der Waals surface area contributed by atoms with Crippen LogP contribution in [0.5, 0.6) is 0 Å². The molecule has 1 aromatic heterocycles. The van der Waals surface area contributed by atoms with Crippen LogP contribution < -0.4 is 10.2 Å². The number of benzene rings is 1. The summed E-state index contributed by atoms with van der Waals surface area (Å²) in [5.41, 5.74) is 5.44. The molecule has 5 heteroatoms. The van der Waals surface area contributed by atoms with Crippen molar-refractivity contribution in [2.24, 2.45) is 0 Å². The van der Waals surface area contributed by atoms with Gasteiger partial charge in [-0.05, 0) is 43.2 Å². The molecule has 2 aromatic rings. The van der Waals surface area contributed by atoms with Crippen LogP contribution in [0.1, 0.15) is 31.5 Å². The molecule has 3 rings (SSSR count). The van der Waals surface area contributed by atoms with Crippen molar-refractivity contribution < 1.29 is 4.79 Å². The number of aromatic amines is 1. The van der Waals surface area contributed by atoms with E-state index >= 15 is 0 Å². The van der Waals surface area contributed by atoms with Gasteiger partial charge in [0.15, 0.2) is 0 Å². The molecule has 0 saturated heterocycles. The first-order chi connectivity index (χ1) is 10.7. The molecule has 0 aliphatic carbocycles. The monoisotopic (exact) mass is 296 g/mol. The number of carbonyl (C=O) groups is 1. The number of anilines is 2. The Bertz CT molecular complexity index is 703. The molecular weight excluding hydrogens is 276 g/mol. The number of hydrogen-bond acceptors (Lipinski definition) is 3. The zero-order chi connectivity index (χ0) is 15.5. The summed E-state index contributed by atoms with van der Waals surface area (Å²) in [7, 11) is 0. The average molecular weight is 296 g/mol. The lowest BCUT2D eigenvalue weighted by Crippen LogP contribution is -2.28. The van der Waals surface area contributed by atoms with Crippen molar-refractivity contribution in [1.29, 1.82) is 0 Å². The summed E-state index contributed by atoms with van der Waals surface area (Å²) < 4.78 is 0. The normalized spacial score (nSPS) is 15.3. The second-order valence-corrected chi connectivity index (χ2v) is 5.35. The van der Waals surface area contributed by atoms with E-state index in [0.717, 1.165) is 35.6 Å². The van der Waals surface area contributed by atoms with Gasteiger partial charge in [-0.15, -0.1) is 0 Å². The summed E-state index contributed by atoms with van der Waals surface area (Å²) in [6.45, 7) is 5.17. The third-order valence-corrected chi connectivity index (χ3v) is 3.92. The third-order valence-electron chi connectivity index (χ3n) is 3.92. The number of amides is 1. The van der Waals surface area contributed by atoms with E-state index in [1.807, 2.05) is 19.2 Å². The minimum atomic E-state index is 0.0605. The minimum Gasteiger partial charge on any atom is -0.384 e. The summed E-state index contributed by atoms with van der Waals surface area (Å²) in [4.78, 5) is 20.7. The Morgan fingerprint density at radius 1 is 1.45 bits per heavy atom. The number of nitrogens with zero attached hydrogens (tertiary/aromatic N) is 2. The van der Waals surface area contributed by atoms with Crippen LogP contribution in [0.2, 0.25) is 0 Å². The number of imidazole rings is 1. The maximum absolute atomic E-state index is 11.8. The molecule has 0 fully saturated rings. The molecule has 0 saturated carbocycles. The summed E-state index contributed by atoms with van der Waals surface area (Å²) in [6.07, 6.45) is 6.56. The maximum Gasteiger partial charge on any atom is 0.223 e. The van der Waals surface area contributed by atoms with E-state index in [1.54, 1.807) is 18.2 Å². The van der Waals surface area contributed by atoms with Crippen LogP contribution in [0.25, 0.3) is 11.6 Å². The highest BCUT2D eigenvalue weighted by Gasteiger charge is 2.17. The van der Waals surface area contributed by atoms with Gasteiger partial charge >= 0.3 is 0 Å². The molecule has 0 unspecified atom stereocenters. The standard InChI is InChI=1S/C17H20N4O/c1-3-21(12(2)22)15-4-5-17-16(9-15)13(6-7-19-17)8-14-10-18-11-20-14/h4-5,8-11,19H,3,6-7H2,1-2H3,(H,18,20)/b13-8+. The van der Waals surface area contributed by atoms with Gasteiger partial charge in [-0.2, -0.15) is 0 Å². The van der Waals surface area contributed by atoms with Crippen LogP contribution in [0, 0.1) is 0 Å². The second-order valence-electron chi connectivity index (χ2n) is 5.35. The smallest absolute Gasteiger partial charge is 0.223 e. The van der Waals surface area contributed by atoms with E-state index in [2.05, 4.69) is 33.5 Å². The first-order valence-corrected chi connectivity index (χ1v) is 7.54. The zero-order valence-electron chi connectivity index (χ0n) is 12.9. The molecule has 5 nitrogen and oxygen atoms in total. The number of nitrogens with one attached hydrogen (secondary N) is 2. The summed E-state index contributed by atoms with van der Waals surface area (Å²) >= 11 is 0. The predicted octanol–water partition coefficient (Wildman–Crippen LogP) is 3.14. The molecule has 2 heterocycles. The zero-order valence-corrected chi connectivity index (χ0v) is 12.9. The topological polar surface area (TPSA) is 61.0 Å². The van der Waals surface area contributed by atoms with Crippen molar-refractivity contribution in [2.45, 2.75) is 20.3 Å². The molecule has 0 atom stereocenters. The SMILES string of the molecule is CCN(C(C)=O)c1ccc2c(c1)/C(=C/c1cnc[nH]1)CCN2. The van der Waals surface area contributed by atoms with Crippen molar-refractivity contribution in [3.8, 4) is 0 Å². The van der Waals surface area contributed by atoms with Crippen molar-refractivity contribution >= 4 is 28.9 Å². The van der Waals surface area contributed by atoms with Crippen LogP contribution in [0.4, 0.5) is 11.4 Å². The van der Waals surface area contributed by atoms with Crippen LogP contribution in [0.15, 0.2) is 30.7 Å². The largest absolute Gasteiger partial charge is 0.384 e. The number of carbonyl (C=O) groups excluding carboxylic acids is 1. The third kappa shape index (κ3) is 2.74. The quantitative estimate of drug-likeness (QED) is 0.914. The molecule has 22 heavy (non-hydrogen) atoms. The van der Waals surface area contributed by atoms with Crippen molar-refractivity contribution in [3.63, 3.8) is 0 Å². The molecule has 1 aliphatic rings. The summed E-state index contributed by atoms with van der Waals surface area (Å²) in [6, 6.07) is 6.14. The Morgan fingerprint density at radius 2 is 2.32 bits per heavy atom. The van der Waals surface area contributed by atoms with Crippen LogP contribution in [0.3, 0.4) is 0 Å². The van der Waals surface area contributed by atoms with E-state index in [-0.39, 0.29) is 5.91 Å². The van der Waals surface area contributed by atoms with E-state index in [4.69, 9.17) is 0 Å². The number of H-pyrrole nitrogens is 1. The lowest BCUT2D eigenvalue weighted by molar-refractivity contribution is -0.116. The fourth-order valence-electron chi connectivity index (χ4n) is 2.86. The van der Waals surface area contributed by atoms with Gasteiger partial charge in [0.2, 0.25) is 5.91 Å². The van der Waals surface area contributed by atoms with Crippen molar-refractivity contribution in [3.05, 3.63) is 42.0 Å². The molecule has 0 radical (unpaired) electrons. The molecule has 1 aromatic carbocycles. The molecular formula is C17H20N4O. The first kappa shape index (κ1) is 14.4. The maximum atomic E-state index is 11.8.